The maximum Gasteiger partial charge on any atom is 0.243 e. The summed E-state index contributed by atoms with van der Waals surface area (Å²) in [5.41, 5.74) is 3.14. The van der Waals surface area contributed by atoms with Crippen LogP contribution in [-0.4, -0.2) is 37.2 Å². The first-order valence-electron chi connectivity index (χ1n) is 11.9. The van der Waals surface area contributed by atoms with Crippen LogP contribution in [0.3, 0.4) is 0 Å². The van der Waals surface area contributed by atoms with Crippen molar-refractivity contribution in [2.45, 2.75) is 50.5 Å². The molecule has 5 rings (SSSR count). The summed E-state index contributed by atoms with van der Waals surface area (Å²) in [5.74, 6) is 0.630. The Kier molecular flexibility index (Phi) is 5.77. The molecular weight excluding hydrogens is 446 g/mol. The van der Waals surface area contributed by atoms with Gasteiger partial charge in [0.2, 0.25) is 10.0 Å². The van der Waals surface area contributed by atoms with Gasteiger partial charge in [-0.2, -0.15) is 4.31 Å². The molecule has 0 N–H and O–H groups in total. The van der Waals surface area contributed by atoms with Gasteiger partial charge in [0.15, 0.2) is 5.78 Å². The van der Waals surface area contributed by atoms with Crippen LogP contribution in [0.4, 0.5) is 0 Å². The molecule has 2 aromatic carbocycles. The van der Waals surface area contributed by atoms with Gasteiger partial charge in [-0.1, -0.05) is 54.1 Å². The molecular formula is C28H31NO4S. The highest BCUT2D eigenvalue weighted by atomic mass is 32.2. The van der Waals surface area contributed by atoms with Gasteiger partial charge in [-0.3, -0.25) is 4.79 Å². The highest BCUT2D eigenvalue weighted by Crippen LogP contribution is 2.50. The van der Waals surface area contributed by atoms with Gasteiger partial charge in [0.25, 0.3) is 0 Å². The third-order valence-corrected chi connectivity index (χ3v) is 9.20. The van der Waals surface area contributed by atoms with E-state index in [9.17, 15) is 13.2 Å². The van der Waals surface area contributed by atoms with E-state index in [4.69, 9.17) is 4.74 Å². The van der Waals surface area contributed by atoms with E-state index in [1.54, 1.807) is 16.4 Å². The predicted molar refractivity (Wildman–Crippen MR) is 132 cm³/mol. The normalized spacial score (nSPS) is 26.1. The van der Waals surface area contributed by atoms with Crippen LogP contribution < -0.4 is 0 Å². The Morgan fingerprint density at radius 3 is 2.44 bits per heavy atom. The predicted octanol–water partition coefficient (Wildman–Crippen LogP) is 5.13. The average Bonchev–Trinajstić information content (AvgIpc) is 2.80. The summed E-state index contributed by atoms with van der Waals surface area (Å²) in [7, 11) is -3.71. The zero-order chi connectivity index (χ0) is 24.1. The van der Waals surface area contributed by atoms with Gasteiger partial charge in [0, 0.05) is 43.3 Å². The number of Topliss-reactive ketones (excluding diaryl/α,β-unsaturated/α-hetero) is 1. The molecule has 0 saturated carbocycles. The molecule has 3 aliphatic rings. The van der Waals surface area contributed by atoms with Gasteiger partial charge in [-0.05, 0) is 50.5 Å². The van der Waals surface area contributed by atoms with Crippen molar-refractivity contribution in [3.05, 3.63) is 82.6 Å². The summed E-state index contributed by atoms with van der Waals surface area (Å²) in [6, 6.07) is 16.9. The third-order valence-electron chi connectivity index (χ3n) is 7.37. The fourth-order valence-corrected chi connectivity index (χ4v) is 7.03. The molecule has 2 atom stereocenters. The van der Waals surface area contributed by atoms with Crippen molar-refractivity contribution in [2.75, 3.05) is 13.1 Å². The van der Waals surface area contributed by atoms with Crippen LogP contribution in [0, 0.1) is 18.8 Å². The molecule has 0 bridgehead atoms. The SMILES string of the molecule is Cc1ccc(S(=O)(=O)N2C/C(=C\c3ccccc3)[C@@H]3C4=C(CCCC4=O)OC(C)(C)[C@@H]3C2)cc1. The number of carbonyl (C=O) groups excluding carboxylic acids is 1. The summed E-state index contributed by atoms with van der Waals surface area (Å²) in [5, 5.41) is 0. The summed E-state index contributed by atoms with van der Waals surface area (Å²) < 4.78 is 35.4. The number of hydrogen-bond acceptors (Lipinski definition) is 4. The van der Waals surface area contributed by atoms with Gasteiger partial charge in [0.05, 0.1) is 4.90 Å². The molecule has 2 aliphatic heterocycles. The Bertz CT molecular complexity index is 1270. The molecule has 34 heavy (non-hydrogen) atoms. The fourth-order valence-electron chi connectivity index (χ4n) is 5.58. The largest absolute Gasteiger partial charge is 0.491 e. The minimum absolute atomic E-state index is 0.139. The highest BCUT2D eigenvalue weighted by molar-refractivity contribution is 7.89. The van der Waals surface area contributed by atoms with E-state index in [0.29, 0.717) is 17.9 Å². The van der Waals surface area contributed by atoms with Gasteiger partial charge >= 0.3 is 0 Å². The van der Waals surface area contributed by atoms with Crippen LogP contribution in [0.15, 0.2) is 76.4 Å². The number of aryl methyl sites for hydroxylation is 1. The van der Waals surface area contributed by atoms with E-state index in [2.05, 4.69) is 6.08 Å². The van der Waals surface area contributed by atoms with E-state index < -0.39 is 15.6 Å². The summed E-state index contributed by atoms with van der Waals surface area (Å²) >= 11 is 0. The van der Waals surface area contributed by atoms with Crippen LogP contribution in [-0.2, 0) is 19.6 Å². The number of allylic oxidation sites excluding steroid dienone is 2. The van der Waals surface area contributed by atoms with Crippen LogP contribution in [0.5, 0.6) is 0 Å². The zero-order valence-corrected chi connectivity index (χ0v) is 20.8. The summed E-state index contributed by atoms with van der Waals surface area (Å²) in [6.45, 7) is 6.55. The standard InChI is InChI=1S/C28H31NO4S/c1-19-12-14-22(15-13-19)34(31,32)29-17-21(16-20-8-5-4-6-9-20)26-23(18-29)28(2,3)33-25-11-7-10-24(30)27(25)26/h4-6,8-9,12-16,23,26H,7,10-11,17-18H2,1-3H3/b21-16+/t23-,26+/m1/s1. The smallest absolute Gasteiger partial charge is 0.243 e. The fraction of sp³-hybridized carbons (Fsp3) is 0.393. The first kappa shape index (κ1) is 23.1. The van der Waals surface area contributed by atoms with Gasteiger partial charge < -0.3 is 4.74 Å². The number of benzene rings is 2. The van der Waals surface area contributed by atoms with Crippen LogP contribution in [0.2, 0.25) is 0 Å². The van der Waals surface area contributed by atoms with E-state index >= 15 is 0 Å². The molecule has 0 unspecified atom stereocenters. The third kappa shape index (κ3) is 4.03. The van der Waals surface area contributed by atoms with Gasteiger partial charge in [-0.25, -0.2) is 8.42 Å². The number of nitrogens with zero attached hydrogens (tertiary/aromatic N) is 1. The minimum atomic E-state index is -3.71. The van der Waals surface area contributed by atoms with Crippen LogP contribution in [0.25, 0.3) is 6.08 Å². The Labute approximate surface area is 202 Å². The number of sulfonamides is 1. The first-order valence-corrected chi connectivity index (χ1v) is 13.4. The number of piperidine rings is 1. The number of ketones is 1. The Balaban J connectivity index is 1.64. The maximum absolute atomic E-state index is 13.7. The van der Waals surface area contributed by atoms with Crippen molar-refractivity contribution in [1.29, 1.82) is 0 Å². The number of hydrogen-bond donors (Lipinski definition) is 0. The Hall–Kier alpha value is -2.70. The first-order chi connectivity index (χ1) is 16.2. The molecule has 178 valence electrons. The molecule has 0 amide bonds. The lowest BCUT2D eigenvalue weighted by Crippen LogP contribution is -2.56. The van der Waals surface area contributed by atoms with E-state index in [-0.39, 0.29) is 24.2 Å². The minimum Gasteiger partial charge on any atom is -0.491 e. The number of fused-ring (bicyclic) bond motifs is 2. The molecule has 2 aromatic rings. The van der Waals surface area contributed by atoms with Crippen molar-refractivity contribution in [3.63, 3.8) is 0 Å². The molecule has 1 saturated heterocycles. The van der Waals surface area contributed by atoms with Gasteiger partial charge in [-0.15, -0.1) is 0 Å². The maximum atomic E-state index is 13.7. The topological polar surface area (TPSA) is 63.7 Å². The van der Waals surface area contributed by atoms with Crippen LogP contribution in [0.1, 0.15) is 44.2 Å². The van der Waals surface area contributed by atoms with Crippen molar-refractivity contribution < 1.29 is 17.9 Å². The molecule has 2 heterocycles. The molecule has 0 aromatic heterocycles. The molecule has 0 radical (unpaired) electrons. The second-order valence-corrected chi connectivity index (χ2v) is 12.1. The van der Waals surface area contributed by atoms with Crippen LogP contribution >= 0.6 is 0 Å². The van der Waals surface area contributed by atoms with E-state index in [1.165, 1.54) is 0 Å². The molecule has 1 fully saturated rings. The van der Waals surface area contributed by atoms with Crippen molar-refractivity contribution in [3.8, 4) is 0 Å². The molecule has 6 heteroatoms. The number of rotatable bonds is 3. The van der Waals surface area contributed by atoms with E-state index in [0.717, 1.165) is 40.9 Å². The lowest BCUT2D eigenvalue weighted by atomic mass is 9.66. The monoisotopic (exact) mass is 477 g/mol. The second kappa shape index (κ2) is 8.51. The highest BCUT2D eigenvalue weighted by Gasteiger charge is 2.52. The second-order valence-electron chi connectivity index (χ2n) is 10.1. The Morgan fingerprint density at radius 1 is 1.03 bits per heavy atom. The van der Waals surface area contributed by atoms with E-state index in [1.807, 2.05) is 63.2 Å². The van der Waals surface area contributed by atoms with Crippen molar-refractivity contribution in [2.24, 2.45) is 11.8 Å². The summed E-state index contributed by atoms with van der Waals surface area (Å²) in [6.07, 6.45) is 4.16. The van der Waals surface area contributed by atoms with Crippen molar-refractivity contribution in [1.82, 2.24) is 4.31 Å². The van der Waals surface area contributed by atoms with Crippen molar-refractivity contribution >= 4 is 21.9 Å². The quantitative estimate of drug-likeness (QED) is 0.615. The number of ether oxygens (including phenoxy) is 1. The number of carbonyl (C=O) groups is 1. The molecule has 1 aliphatic carbocycles. The van der Waals surface area contributed by atoms with Gasteiger partial charge in [0.1, 0.15) is 11.4 Å². The Morgan fingerprint density at radius 2 is 1.74 bits per heavy atom. The average molecular weight is 478 g/mol. The lowest BCUT2D eigenvalue weighted by Gasteiger charge is -2.51. The summed E-state index contributed by atoms with van der Waals surface area (Å²) in [4.78, 5) is 13.4. The molecule has 0 spiro atoms. The molecule has 5 nitrogen and oxygen atoms in total. The zero-order valence-electron chi connectivity index (χ0n) is 20.0. The lowest BCUT2D eigenvalue weighted by molar-refractivity contribution is -0.121.